The summed E-state index contributed by atoms with van der Waals surface area (Å²) in [5.41, 5.74) is 4.65. The Hall–Kier alpha value is -2.97. The molecule has 0 saturated heterocycles. The molecule has 8 heteroatoms. The van der Waals surface area contributed by atoms with Crippen molar-refractivity contribution in [3.8, 4) is 0 Å². The zero-order valence-electron chi connectivity index (χ0n) is 19.8. The molecule has 2 heterocycles. The van der Waals surface area contributed by atoms with Crippen molar-refractivity contribution in [3.05, 3.63) is 94.6 Å². The van der Waals surface area contributed by atoms with E-state index in [2.05, 4.69) is 20.9 Å². The normalized spacial score (nSPS) is 15.7. The number of aromatic nitrogens is 1. The molecule has 0 N–H and O–H groups in total. The smallest absolute Gasteiger partial charge is 0.338 e. The lowest BCUT2D eigenvalue weighted by Gasteiger charge is -2.25. The number of carbonyl (C=O) groups is 1. The van der Waals surface area contributed by atoms with E-state index in [1.54, 1.807) is 18.4 Å². The number of hydrogen-bond acceptors (Lipinski definition) is 6. The SMILES string of the molecule is CCOC(=O)C1=C(C)N=c2s/c(=C\c3ccc(C)c(Br)c3)c(=O)n2[C@@H]1c1ccc(N(C)C)cc1. The third-order valence-electron chi connectivity index (χ3n) is 5.74. The fraction of sp³-hybridized carbons (Fsp3) is 0.269. The predicted octanol–water partition coefficient (Wildman–Crippen LogP) is 3.94. The molecule has 1 aliphatic rings. The van der Waals surface area contributed by atoms with Gasteiger partial charge >= 0.3 is 5.97 Å². The highest BCUT2D eigenvalue weighted by atomic mass is 79.9. The van der Waals surface area contributed by atoms with Crippen LogP contribution in [0.5, 0.6) is 0 Å². The maximum absolute atomic E-state index is 13.6. The minimum atomic E-state index is -0.613. The summed E-state index contributed by atoms with van der Waals surface area (Å²) in [6.45, 7) is 5.82. The van der Waals surface area contributed by atoms with E-state index in [1.165, 1.54) is 11.3 Å². The summed E-state index contributed by atoms with van der Waals surface area (Å²) in [5, 5.41) is 0. The van der Waals surface area contributed by atoms with Crippen LogP contribution < -0.4 is 19.8 Å². The highest BCUT2D eigenvalue weighted by molar-refractivity contribution is 9.10. The van der Waals surface area contributed by atoms with Gasteiger partial charge in [-0.05, 0) is 61.7 Å². The van der Waals surface area contributed by atoms with Crippen molar-refractivity contribution in [3.63, 3.8) is 0 Å². The molecule has 176 valence electrons. The summed E-state index contributed by atoms with van der Waals surface area (Å²) in [6.07, 6.45) is 1.86. The van der Waals surface area contributed by atoms with Gasteiger partial charge in [-0.15, -0.1) is 0 Å². The highest BCUT2D eigenvalue weighted by Crippen LogP contribution is 2.31. The molecule has 0 bridgehead atoms. The van der Waals surface area contributed by atoms with Crippen LogP contribution >= 0.6 is 27.3 Å². The topological polar surface area (TPSA) is 63.9 Å². The Balaban J connectivity index is 1.93. The fourth-order valence-electron chi connectivity index (χ4n) is 3.91. The number of rotatable bonds is 5. The Morgan fingerprint density at radius 3 is 2.53 bits per heavy atom. The second-order valence-electron chi connectivity index (χ2n) is 8.30. The number of nitrogens with zero attached hydrogens (tertiary/aromatic N) is 3. The third-order valence-corrected chi connectivity index (χ3v) is 7.57. The molecule has 0 saturated carbocycles. The number of allylic oxidation sites excluding steroid dienone is 1. The van der Waals surface area contributed by atoms with Crippen LogP contribution in [0.2, 0.25) is 0 Å². The zero-order chi connectivity index (χ0) is 24.6. The second kappa shape index (κ2) is 9.72. The largest absolute Gasteiger partial charge is 0.463 e. The standard InChI is InChI=1S/C26H26BrN3O3S/c1-6-33-25(32)22-16(3)28-26-30(23(22)18-9-11-19(12-10-18)29(4)5)24(31)21(34-26)14-17-8-7-15(2)20(27)13-17/h7-14,23H,6H2,1-5H3/b21-14-/t23-/m1/s1. The van der Waals surface area contributed by atoms with E-state index in [0.717, 1.165) is 26.9 Å². The van der Waals surface area contributed by atoms with Crippen LogP contribution in [0.3, 0.4) is 0 Å². The lowest BCUT2D eigenvalue weighted by molar-refractivity contribution is -0.139. The van der Waals surface area contributed by atoms with Gasteiger partial charge in [-0.2, -0.15) is 0 Å². The number of halogens is 1. The summed E-state index contributed by atoms with van der Waals surface area (Å²) in [6, 6.07) is 13.2. The first-order valence-corrected chi connectivity index (χ1v) is 12.5. The third kappa shape index (κ3) is 4.52. The van der Waals surface area contributed by atoms with Crippen LogP contribution in [0, 0.1) is 6.92 Å². The maximum Gasteiger partial charge on any atom is 0.338 e. The Morgan fingerprint density at radius 2 is 1.91 bits per heavy atom. The van der Waals surface area contributed by atoms with E-state index in [4.69, 9.17) is 4.74 Å². The molecule has 0 unspecified atom stereocenters. The molecule has 1 aromatic heterocycles. The Morgan fingerprint density at radius 1 is 1.21 bits per heavy atom. The van der Waals surface area contributed by atoms with E-state index >= 15 is 0 Å². The first kappa shape index (κ1) is 24.2. The number of fused-ring (bicyclic) bond motifs is 1. The van der Waals surface area contributed by atoms with Crippen molar-refractivity contribution < 1.29 is 9.53 Å². The van der Waals surface area contributed by atoms with E-state index in [-0.39, 0.29) is 12.2 Å². The number of aryl methyl sites for hydroxylation is 1. The van der Waals surface area contributed by atoms with Crippen molar-refractivity contribution in [1.82, 2.24) is 4.57 Å². The van der Waals surface area contributed by atoms with Crippen LogP contribution in [-0.4, -0.2) is 31.2 Å². The zero-order valence-corrected chi connectivity index (χ0v) is 22.2. The van der Waals surface area contributed by atoms with E-state index in [9.17, 15) is 9.59 Å². The van der Waals surface area contributed by atoms with Crippen LogP contribution in [-0.2, 0) is 9.53 Å². The molecular formula is C26H26BrN3O3S. The molecule has 4 rings (SSSR count). The Kier molecular flexibility index (Phi) is 6.91. The molecule has 6 nitrogen and oxygen atoms in total. The van der Waals surface area contributed by atoms with Gasteiger partial charge in [-0.3, -0.25) is 9.36 Å². The minimum absolute atomic E-state index is 0.184. The van der Waals surface area contributed by atoms with Gasteiger partial charge in [0.05, 0.1) is 28.5 Å². The second-order valence-corrected chi connectivity index (χ2v) is 10.2. The van der Waals surface area contributed by atoms with E-state index in [1.807, 2.05) is 74.5 Å². The summed E-state index contributed by atoms with van der Waals surface area (Å²) >= 11 is 4.88. The van der Waals surface area contributed by atoms with Crippen molar-refractivity contribution in [2.24, 2.45) is 4.99 Å². The first-order valence-electron chi connectivity index (χ1n) is 10.9. The van der Waals surface area contributed by atoms with Crippen molar-refractivity contribution >= 4 is 45.0 Å². The molecular weight excluding hydrogens is 514 g/mol. The highest BCUT2D eigenvalue weighted by Gasteiger charge is 2.33. The summed E-state index contributed by atoms with van der Waals surface area (Å²) in [7, 11) is 3.94. The molecule has 2 aromatic carbocycles. The van der Waals surface area contributed by atoms with E-state index in [0.29, 0.717) is 20.6 Å². The molecule has 0 aliphatic carbocycles. The number of esters is 1. The van der Waals surface area contributed by atoms with Crippen LogP contribution in [0.15, 0.2) is 68.0 Å². The lowest BCUT2D eigenvalue weighted by atomic mass is 9.95. The van der Waals surface area contributed by atoms with Gasteiger partial charge in [0, 0.05) is 24.3 Å². The number of thiazole rings is 1. The molecule has 1 atom stereocenters. The van der Waals surface area contributed by atoms with Crippen molar-refractivity contribution in [1.29, 1.82) is 0 Å². The van der Waals surface area contributed by atoms with Gasteiger partial charge in [-0.25, -0.2) is 9.79 Å². The molecule has 0 amide bonds. The average molecular weight is 540 g/mol. The number of ether oxygens (including phenoxy) is 1. The monoisotopic (exact) mass is 539 g/mol. The summed E-state index contributed by atoms with van der Waals surface area (Å²) < 4.78 is 8.51. The molecule has 0 fully saturated rings. The lowest BCUT2D eigenvalue weighted by Crippen LogP contribution is -2.39. The van der Waals surface area contributed by atoms with E-state index < -0.39 is 12.0 Å². The van der Waals surface area contributed by atoms with Gasteiger partial charge in [0.15, 0.2) is 4.80 Å². The molecule has 0 radical (unpaired) electrons. The predicted molar refractivity (Wildman–Crippen MR) is 140 cm³/mol. The molecule has 3 aromatic rings. The maximum atomic E-state index is 13.6. The molecule has 34 heavy (non-hydrogen) atoms. The molecule has 1 aliphatic heterocycles. The van der Waals surface area contributed by atoms with Gasteiger partial charge in [-0.1, -0.05) is 51.5 Å². The average Bonchev–Trinajstić information content (AvgIpc) is 3.10. The number of hydrogen-bond donors (Lipinski definition) is 0. The van der Waals surface area contributed by atoms with Crippen LogP contribution in [0.4, 0.5) is 5.69 Å². The van der Waals surface area contributed by atoms with Gasteiger partial charge in [0.1, 0.15) is 0 Å². The van der Waals surface area contributed by atoms with Gasteiger partial charge in [0.25, 0.3) is 5.56 Å². The Bertz CT molecular complexity index is 1470. The van der Waals surface area contributed by atoms with Gasteiger partial charge < -0.3 is 9.64 Å². The number of carbonyl (C=O) groups excluding carboxylic acids is 1. The summed E-state index contributed by atoms with van der Waals surface area (Å²) in [4.78, 5) is 33.8. The van der Waals surface area contributed by atoms with Crippen molar-refractivity contribution in [2.75, 3.05) is 25.6 Å². The number of benzene rings is 2. The minimum Gasteiger partial charge on any atom is -0.463 e. The Labute approximate surface area is 210 Å². The first-order chi connectivity index (χ1) is 16.2. The van der Waals surface area contributed by atoms with Crippen molar-refractivity contribution in [2.45, 2.75) is 26.8 Å². The fourth-order valence-corrected chi connectivity index (χ4v) is 5.36. The van der Waals surface area contributed by atoms with Gasteiger partial charge in [0.2, 0.25) is 0 Å². The number of anilines is 1. The molecule has 0 spiro atoms. The summed E-state index contributed by atoms with van der Waals surface area (Å²) in [5.74, 6) is -0.456. The van der Waals surface area contributed by atoms with Crippen LogP contribution in [0.25, 0.3) is 6.08 Å². The van der Waals surface area contributed by atoms with Crippen LogP contribution in [0.1, 0.15) is 36.6 Å². The quantitative estimate of drug-likeness (QED) is 0.460.